The van der Waals surface area contributed by atoms with Gasteiger partial charge in [-0.25, -0.2) is 0 Å². The van der Waals surface area contributed by atoms with E-state index >= 15 is 0 Å². The fourth-order valence-corrected chi connectivity index (χ4v) is 2.45. The van der Waals surface area contributed by atoms with Gasteiger partial charge in [0.05, 0.1) is 10.2 Å². The topological polar surface area (TPSA) is 63.8 Å². The predicted octanol–water partition coefficient (Wildman–Crippen LogP) is 2.11. The minimum Gasteiger partial charge on any atom is -0.339 e. The second-order valence-corrected chi connectivity index (χ2v) is 4.84. The molecular formula is C12H12N4OS. The Balaban J connectivity index is 1.90. The molecule has 0 aliphatic rings. The molecule has 3 heterocycles. The van der Waals surface area contributed by atoms with Crippen LogP contribution in [0.5, 0.6) is 0 Å². The van der Waals surface area contributed by atoms with Crippen molar-refractivity contribution in [1.29, 1.82) is 0 Å². The van der Waals surface area contributed by atoms with Gasteiger partial charge in [0, 0.05) is 24.7 Å². The smallest absolute Gasteiger partial charge is 0.228 e. The number of nitrogens with one attached hydrogen (secondary N) is 1. The maximum atomic E-state index is 5.19. The lowest BCUT2D eigenvalue weighted by atomic mass is 10.2. The van der Waals surface area contributed by atoms with Crippen molar-refractivity contribution >= 4 is 21.6 Å². The molecular weight excluding hydrogens is 248 g/mol. The molecule has 5 nitrogen and oxygen atoms in total. The molecule has 0 unspecified atom stereocenters. The summed E-state index contributed by atoms with van der Waals surface area (Å²) < 4.78 is 6.32. The third-order valence-corrected chi connectivity index (χ3v) is 3.47. The molecule has 92 valence electrons. The number of pyridine rings is 1. The van der Waals surface area contributed by atoms with E-state index in [9.17, 15) is 0 Å². The second kappa shape index (κ2) is 4.83. The van der Waals surface area contributed by atoms with Gasteiger partial charge in [-0.05, 0) is 24.6 Å². The number of thiophene rings is 1. The lowest BCUT2D eigenvalue weighted by molar-refractivity contribution is 0.377. The van der Waals surface area contributed by atoms with Crippen LogP contribution in [0, 0.1) is 0 Å². The molecule has 0 atom stereocenters. The molecule has 0 amide bonds. The molecule has 3 aromatic rings. The first-order valence-electron chi connectivity index (χ1n) is 5.67. The quantitative estimate of drug-likeness (QED) is 0.778. The first-order chi connectivity index (χ1) is 8.86. The van der Waals surface area contributed by atoms with Crippen molar-refractivity contribution in [3.8, 4) is 11.4 Å². The molecule has 6 heteroatoms. The van der Waals surface area contributed by atoms with Crippen molar-refractivity contribution in [1.82, 2.24) is 20.4 Å². The lowest BCUT2D eigenvalue weighted by Crippen LogP contribution is -2.10. The Morgan fingerprint density at radius 2 is 2.39 bits per heavy atom. The molecule has 0 fully saturated rings. The van der Waals surface area contributed by atoms with Crippen LogP contribution in [0.25, 0.3) is 21.6 Å². The van der Waals surface area contributed by atoms with Gasteiger partial charge >= 0.3 is 0 Å². The zero-order valence-corrected chi connectivity index (χ0v) is 10.7. The largest absolute Gasteiger partial charge is 0.339 e. The van der Waals surface area contributed by atoms with Crippen molar-refractivity contribution in [2.75, 3.05) is 13.6 Å². The van der Waals surface area contributed by atoms with E-state index in [1.807, 2.05) is 24.6 Å². The maximum Gasteiger partial charge on any atom is 0.228 e. The summed E-state index contributed by atoms with van der Waals surface area (Å²) >= 11 is 1.66. The molecule has 3 aromatic heterocycles. The fraction of sp³-hybridized carbons (Fsp3) is 0.250. The molecule has 3 rings (SSSR count). The van der Waals surface area contributed by atoms with Crippen LogP contribution < -0.4 is 5.32 Å². The fourth-order valence-electron chi connectivity index (χ4n) is 1.67. The van der Waals surface area contributed by atoms with Gasteiger partial charge in [-0.3, -0.25) is 4.98 Å². The summed E-state index contributed by atoms with van der Waals surface area (Å²) in [4.78, 5) is 8.72. The molecule has 0 aliphatic heterocycles. The van der Waals surface area contributed by atoms with Crippen LogP contribution >= 0.6 is 11.3 Å². The third kappa shape index (κ3) is 2.12. The van der Waals surface area contributed by atoms with Crippen LogP contribution in [0.15, 0.2) is 28.2 Å². The minimum absolute atomic E-state index is 0.601. The number of hydrogen-bond acceptors (Lipinski definition) is 6. The summed E-state index contributed by atoms with van der Waals surface area (Å²) in [6.45, 7) is 0.823. The Kier molecular flexibility index (Phi) is 3.04. The molecule has 0 radical (unpaired) electrons. The number of nitrogens with zero attached hydrogens (tertiary/aromatic N) is 3. The Labute approximate surface area is 108 Å². The van der Waals surface area contributed by atoms with Crippen molar-refractivity contribution in [2.45, 2.75) is 6.42 Å². The minimum atomic E-state index is 0.601. The first kappa shape index (κ1) is 11.3. The average Bonchev–Trinajstić information content (AvgIpc) is 3.04. The van der Waals surface area contributed by atoms with Crippen LogP contribution in [-0.2, 0) is 6.42 Å². The Morgan fingerprint density at radius 3 is 3.28 bits per heavy atom. The predicted molar refractivity (Wildman–Crippen MR) is 70.5 cm³/mol. The summed E-state index contributed by atoms with van der Waals surface area (Å²) in [5, 5.41) is 9.05. The number of likely N-dealkylation sites (N-methyl/N-ethyl adjacent to an activating group) is 1. The zero-order valence-electron chi connectivity index (χ0n) is 9.88. The molecule has 0 saturated heterocycles. The zero-order chi connectivity index (χ0) is 12.4. The summed E-state index contributed by atoms with van der Waals surface area (Å²) in [5.41, 5.74) is 1.90. The molecule has 0 aliphatic carbocycles. The van der Waals surface area contributed by atoms with E-state index in [1.165, 1.54) is 0 Å². The van der Waals surface area contributed by atoms with E-state index in [-0.39, 0.29) is 0 Å². The van der Waals surface area contributed by atoms with Gasteiger partial charge in [-0.2, -0.15) is 4.98 Å². The summed E-state index contributed by atoms with van der Waals surface area (Å²) in [7, 11) is 1.89. The number of fused-ring (bicyclic) bond motifs is 1. The normalized spacial score (nSPS) is 11.2. The van der Waals surface area contributed by atoms with Gasteiger partial charge in [-0.15, -0.1) is 11.3 Å². The molecule has 0 aromatic carbocycles. The Bertz CT molecular complexity index is 661. The highest BCUT2D eigenvalue weighted by molar-refractivity contribution is 7.17. The van der Waals surface area contributed by atoms with Gasteiger partial charge in [0.15, 0.2) is 0 Å². The second-order valence-electron chi connectivity index (χ2n) is 3.89. The van der Waals surface area contributed by atoms with Crippen LogP contribution in [0.2, 0.25) is 0 Å². The highest BCUT2D eigenvalue weighted by Gasteiger charge is 2.09. The van der Waals surface area contributed by atoms with Crippen LogP contribution in [0.4, 0.5) is 0 Å². The van der Waals surface area contributed by atoms with Gasteiger partial charge in [0.25, 0.3) is 0 Å². The van der Waals surface area contributed by atoms with Crippen LogP contribution in [0.3, 0.4) is 0 Å². The summed E-state index contributed by atoms with van der Waals surface area (Å²) in [6.07, 6.45) is 2.51. The number of aromatic nitrogens is 3. The lowest BCUT2D eigenvalue weighted by Gasteiger charge is -1.94. The van der Waals surface area contributed by atoms with E-state index in [1.54, 1.807) is 17.5 Å². The molecule has 1 N–H and O–H groups in total. The average molecular weight is 260 g/mol. The monoisotopic (exact) mass is 260 g/mol. The summed E-state index contributed by atoms with van der Waals surface area (Å²) in [5.74, 6) is 1.24. The molecule has 0 saturated carbocycles. The van der Waals surface area contributed by atoms with Gasteiger partial charge in [0.2, 0.25) is 11.7 Å². The van der Waals surface area contributed by atoms with E-state index < -0.39 is 0 Å². The van der Waals surface area contributed by atoms with E-state index in [2.05, 4.69) is 20.4 Å². The molecule has 0 bridgehead atoms. The van der Waals surface area contributed by atoms with Crippen molar-refractivity contribution in [2.24, 2.45) is 0 Å². The Hall–Kier alpha value is -1.79. The first-order valence-corrected chi connectivity index (χ1v) is 6.55. The van der Waals surface area contributed by atoms with Gasteiger partial charge < -0.3 is 9.84 Å². The molecule has 0 spiro atoms. The van der Waals surface area contributed by atoms with Crippen molar-refractivity contribution in [3.05, 3.63) is 29.6 Å². The van der Waals surface area contributed by atoms with E-state index in [0.717, 1.165) is 28.7 Å². The van der Waals surface area contributed by atoms with Crippen LogP contribution in [-0.4, -0.2) is 28.7 Å². The van der Waals surface area contributed by atoms with E-state index in [0.29, 0.717) is 11.7 Å². The standard InChI is InChI=1S/C12H12N4OS/c1-13-4-2-11-15-12(16-17-11)8-6-10-9(14-7-8)3-5-18-10/h3,5-7,13H,2,4H2,1H3. The van der Waals surface area contributed by atoms with Gasteiger partial charge in [0.1, 0.15) is 0 Å². The SMILES string of the molecule is CNCCc1nc(-c2cnc3ccsc3c2)no1. The van der Waals surface area contributed by atoms with Gasteiger partial charge in [-0.1, -0.05) is 5.16 Å². The number of hydrogen-bond donors (Lipinski definition) is 1. The highest BCUT2D eigenvalue weighted by Crippen LogP contribution is 2.24. The van der Waals surface area contributed by atoms with Crippen molar-refractivity contribution in [3.63, 3.8) is 0 Å². The Morgan fingerprint density at radius 1 is 1.44 bits per heavy atom. The van der Waals surface area contributed by atoms with E-state index in [4.69, 9.17) is 4.52 Å². The maximum absolute atomic E-state index is 5.19. The summed E-state index contributed by atoms with van der Waals surface area (Å²) in [6, 6.07) is 4.04. The number of rotatable bonds is 4. The van der Waals surface area contributed by atoms with Crippen LogP contribution in [0.1, 0.15) is 5.89 Å². The molecule has 18 heavy (non-hydrogen) atoms. The van der Waals surface area contributed by atoms with Crippen molar-refractivity contribution < 1.29 is 4.52 Å². The highest BCUT2D eigenvalue weighted by atomic mass is 32.1. The third-order valence-electron chi connectivity index (χ3n) is 2.62.